The summed E-state index contributed by atoms with van der Waals surface area (Å²) in [5.74, 6) is -0.344. The van der Waals surface area contributed by atoms with Gasteiger partial charge < -0.3 is 10.1 Å². The predicted molar refractivity (Wildman–Crippen MR) is 64.2 cm³/mol. The molecule has 0 fully saturated rings. The van der Waals surface area contributed by atoms with Crippen molar-refractivity contribution in [1.29, 1.82) is 0 Å². The molecule has 0 aliphatic heterocycles. The summed E-state index contributed by atoms with van der Waals surface area (Å²) in [5.41, 5.74) is 0.571. The van der Waals surface area contributed by atoms with E-state index in [9.17, 15) is 9.18 Å². The van der Waals surface area contributed by atoms with E-state index in [-0.39, 0.29) is 24.2 Å². The molecule has 0 aromatic heterocycles. The van der Waals surface area contributed by atoms with Crippen LogP contribution in [0.1, 0.15) is 18.9 Å². The summed E-state index contributed by atoms with van der Waals surface area (Å²) in [6.07, 6.45) is 0.702. The van der Waals surface area contributed by atoms with Crippen molar-refractivity contribution < 1.29 is 13.9 Å². The van der Waals surface area contributed by atoms with Crippen LogP contribution < -0.4 is 5.32 Å². The van der Waals surface area contributed by atoms with E-state index in [1.54, 1.807) is 25.3 Å². The molecular weight excluding hydrogens is 221 g/mol. The highest BCUT2D eigenvalue weighted by atomic mass is 19.1. The van der Waals surface area contributed by atoms with E-state index in [1.165, 1.54) is 6.07 Å². The van der Waals surface area contributed by atoms with Gasteiger partial charge in [0.25, 0.3) is 0 Å². The number of carbonyl (C=O) groups excluding carboxylic acids is 1. The number of halogens is 1. The van der Waals surface area contributed by atoms with Crippen molar-refractivity contribution in [1.82, 2.24) is 5.32 Å². The van der Waals surface area contributed by atoms with Gasteiger partial charge in [-0.2, -0.15) is 0 Å². The maximum atomic E-state index is 13.3. The summed E-state index contributed by atoms with van der Waals surface area (Å²) in [6, 6.07) is 6.49. The van der Waals surface area contributed by atoms with Gasteiger partial charge in [0, 0.05) is 19.6 Å². The van der Waals surface area contributed by atoms with Crippen LogP contribution in [0, 0.1) is 5.82 Å². The molecule has 17 heavy (non-hydrogen) atoms. The van der Waals surface area contributed by atoms with E-state index >= 15 is 0 Å². The number of hydrogen-bond acceptors (Lipinski definition) is 2. The molecule has 0 spiro atoms. The number of ether oxygens (including phenoxy) is 1. The Morgan fingerprint density at radius 1 is 1.47 bits per heavy atom. The first-order valence-electron chi connectivity index (χ1n) is 5.65. The van der Waals surface area contributed by atoms with Crippen molar-refractivity contribution in [3.05, 3.63) is 35.6 Å². The fourth-order valence-electron chi connectivity index (χ4n) is 1.59. The Morgan fingerprint density at radius 3 is 2.82 bits per heavy atom. The van der Waals surface area contributed by atoms with Crippen molar-refractivity contribution in [3.8, 4) is 0 Å². The molecule has 1 rings (SSSR count). The minimum Gasteiger partial charge on any atom is -0.383 e. The first kappa shape index (κ1) is 13.6. The molecule has 0 aliphatic carbocycles. The molecule has 0 saturated carbocycles. The van der Waals surface area contributed by atoms with Gasteiger partial charge in [0.2, 0.25) is 5.91 Å². The Bertz CT molecular complexity index is 368. The second-order valence-electron chi connectivity index (χ2n) is 4.02. The molecule has 94 valence electrons. The third kappa shape index (κ3) is 4.95. The smallest absolute Gasteiger partial charge is 0.220 e. The quantitative estimate of drug-likeness (QED) is 0.823. The monoisotopic (exact) mass is 239 g/mol. The van der Waals surface area contributed by atoms with Gasteiger partial charge in [-0.25, -0.2) is 4.39 Å². The molecule has 0 unspecified atom stereocenters. The second kappa shape index (κ2) is 7.01. The van der Waals surface area contributed by atoms with Crippen LogP contribution in [0.25, 0.3) is 0 Å². The fourth-order valence-corrected chi connectivity index (χ4v) is 1.59. The Labute approximate surface area is 101 Å². The normalized spacial score (nSPS) is 12.2. The summed E-state index contributed by atoms with van der Waals surface area (Å²) in [7, 11) is 1.59. The SMILES string of the molecule is COC[C@@H](C)NC(=O)CCc1ccccc1F. The van der Waals surface area contributed by atoms with E-state index < -0.39 is 0 Å². The number of carbonyl (C=O) groups is 1. The molecule has 1 aromatic rings. The molecule has 3 nitrogen and oxygen atoms in total. The van der Waals surface area contributed by atoms with Crippen LogP contribution in [0.15, 0.2) is 24.3 Å². The van der Waals surface area contributed by atoms with Crippen LogP contribution in [0.2, 0.25) is 0 Å². The second-order valence-corrected chi connectivity index (χ2v) is 4.02. The van der Waals surface area contributed by atoms with Gasteiger partial charge in [-0.05, 0) is 25.0 Å². The van der Waals surface area contributed by atoms with Crippen LogP contribution in [-0.4, -0.2) is 25.7 Å². The lowest BCUT2D eigenvalue weighted by Gasteiger charge is -2.12. The molecule has 0 heterocycles. The topological polar surface area (TPSA) is 38.3 Å². The molecular formula is C13H18FNO2. The molecule has 0 aliphatic rings. The van der Waals surface area contributed by atoms with Gasteiger partial charge >= 0.3 is 0 Å². The number of amides is 1. The van der Waals surface area contributed by atoms with Gasteiger partial charge in [-0.3, -0.25) is 4.79 Å². The van der Waals surface area contributed by atoms with Crippen molar-refractivity contribution in [3.63, 3.8) is 0 Å². The number of rotatable bonds is 6. The number of hydrogen-bond donors (Lipinski definition) is 1. The van der Waals surface area contributed by atoms with Gasteiger partial charge in [0.1, 0.15) is 5.82 Å². The summed E-state index contributed by atoms with van der Waals surface area (Å²) >= 11 is 0. The van der Waals surface area contributed by atoms with Crippen LogP contribution in [0.5, 0.6) is 0 Å². The molecule has 0 radical (unpaired) electrons. The highest BCUT2D eigenvalue weighted by molar-refractivity contribution is 5.76. The number of benzene rings is 1. The van der Waals surface area contributed by atoms with E-state index in [1.807, 2.05) is 6.92 Å². The maximum Gasteiger partial charge on any atom is 0.220 e. The van der Waals surface area contributed by atoms with Gasteiger partial charge in [0.05, 0.1) is 6.61 Å². The van der Waals surface area contributed by atoms with Crippen molar-refractivity contribution in [2.45, 2.75) is 25.8 Å². The van der Waals surface area contributed by atoms with Gasteiger partial charge in [0.15, 0.2) is 0 Å². The Kier molecular flexibility index (Phi) is 5.63. The van der Waals surface area contributed by atoms with Crippen molar-refractivity contribution in [2.75, 3.05) is 13.7 Å². The minimum absolute atomic E-state index is 0.0203. The highest BCUT2D eigenvalue weighted by Crippen LogP contribution is 2.08. The zero-order valence-corrected chi connectivity index (χ0v) is 10.2. The number of methoxy groups -OCH3 is 1. The largest absolute Gasteiger partial charge is 0.383 e. The first-order valence-corrected chi connectivity index (χ1v) is 5.65. The fraction of sp³-hybridized carbons (Fsp3) is 0.462. The summed E-state index contributed by atoms with van der Waals surface area (Å²) < 4.78 is 18.2. The maximum absolute atomic E-state index is 13.3. The summed E-state index contributed by atoms with van der Waals surface area (Å²) in [4.78, 5) is 11.5. The van der Waals surface area contributed by atoms with Crippen LogP contribution in [0.4, 0.5) is 4.39 Å². The molecule has 1 amide bonds. The summed E-state index contributed by atoms with van der Waals surface area (Å²) in [5, 5.41) is 2.78. The highest BCUT2D eigenvalue weighted by Gasteiger charge is 2.08. The molecule has 1 N–H and O–H groups in total. The third-order valence-corrected chi connectivity index (χ3v) is 2.40. The van der Waals surface area contributed by atoms with Crippen LogP contribution in [-0.2, 0) is 16.0 Å². The van der Waals surface area contributed by atoms with Gasteiger partial charge in [-0.1, -0.05) is 18.2 Å². The third-order valence-electron chi connectivity index (χ3n) is 2.40. The zero-order valence-electron chi connectivity index (χ0n) is 10.2. The molecule has 4 heteroatoms. The van der Waals surface area contributed by atoms with Gasteiger partial charge in [-0.15, -0.1) is 0 Å². The average molecular weight is 239 g/mol. The minimum atomic E-state index is -0.259. The Balaban J connectivity index is 2.36. The number of nitrogens with one attached hydrogen (secondary N) is 1. The predicted octanol–water partition coefficient (Wildman–Crippen LogP) is 1.91. The van der Waals surface area contributed by atoms with Crippen LogP contribution in [0.3, 0.4) is 0 Å². The van der Waals surface area contributed by atoms with Crippen molar-refractivity contribution in [2.24, 2.45) is 0 Å². The van der Waals surface area contributed by atoms with Crippen molar-refractivity contribution >= 4 is 5.91 Å². The van der Waals surface area contributed by atoms with E-state index in [0.29, 0.717) is 18.6 Å². The number of aryl methyl sites for hydroxylation is 1. The lowest BCUT2D eigenvalue weighted by Crippen LogP contribution is -2.35. The van der Waals surface area contributed by atoms with E-state index in [4.69, 9.17) is 4.74 Å². The lowest BCUT2D eigenvalue weighted by molar-refractivity contribution is -0.122. The standard InChI is InChI=1S/C13H18FNO2/c1-10(9-17-2)15-13(16)8-7-11-5-3-4-6-12(11)14/h3-6,10H,7-9H2,1-2H3,(H,15,16)/t10-/m1/s1. The van der Waals surface area contributed by atoms with E-state index in [2.05, 4.69) is 5.32 Å². The molecule has 0 saturated heterocycles. The van der Waals surface area contributed by atoms with E-state index in [0.717, 1.165) is 0 Å². The Hall–Kier alpha value is -1.42. The zero-order chi connectivity index (χ0) is 12.7. The average Bonchev–Trinajstić information content (AvgIpc) is 2.28. The molecule has 1 aromatic carbocycles. The Morgan fingerprint density at radius 2 is 2.18 bits per heavy atom. The van der Waals surface area contributed by atoms with Crippen LogP contribution >= 0.6 is 0 Å². The lowest BCUT2D eigenvalue weighted by atomic mass is 10.1. The molecule has 1 atom stereocenters. The summed E-state index contributed by atoms with van der Waals surface area (Å²) in [6.45, 7) is 2.34. The first-order chi connectivity index (χ1) is 8.13. The molecule has 0 bridgehead atoms.